The van der Waals surface area contributed by atoms with E-state index in [9.17, 15) is 23.8 Å². The Balaban J connectivity index is 1.94. The molecule has 11 heteroatoms. The van der Waals surface area contributed by atoms with Crippen LogP contribution < -0.4 is 11.2 Å². The molecule has 2 N–H and O–H groups in total. The first-order chi connectivity index (χ1) is 9.89. The van der Waals surface area contributed by atoms with E-state index in [1.165, 1.54) is 0 Å². The predicted octanol–water partition coefficient (Wildman–Crippen LogP) is -0.848. The summed E-state index contributed by atoms with van der Waals surface area (Å²) in [4.78, 5) is 45.3. The monoisotopic (exact) mass is 318 g/mol. The minimum atomic E-state index is -4.11. The molecule has 21 heavy (non-hydrogen) atoms. The molecule has 2 saturated heterocycles. The Morgan fingerprint density at radius 2 is 2.19 bits per heavy atom. The topological polar surface area (TPSA) is 137 Å². The quantitative estimate of drug-likeness (QED) is 0.531. The number of nitrogens with one attached hydrogen (secondary N) is 1. The van der Waals surface area contributed by atoms with Crippen molar-refractivity contribution in [1.82, 2.24) is 9.55 Å². The minimum absolute atomic E-state index is 0.0748. The average Bonchev–Trinajstić information content (AvgIpc) is 2.78. The van der Waals surface area contributed by atoms with E-state index in [1.54, 1.807) is 0 Å². The van der Waals surface area contributed by atoms with Gasteiger partial charge in [-0.15, -0.1) is 0 Å². The van der Waals surface area contributed by atoms with Gasteiger partial charge in [0, 0.05) is 12.5 Å². The summed E-state index contributed by atoms with van der Waals surface area (Å²) in [5, 5.41) is 0. The van der Waals surface area contributed by atoms with E-state index >= 15 is 0 Å². The van der Waals surface area contributed by atoms with Crippen molar-refractivity contribution < 1.29 is 28.0 Å². The number of hydrogen-bond donors (Lipinski definition) is 2. The van der Waals surface area contributed by atoms with Gasteiger partial charge in [0.1, 0.15) is 18.4 Å². The number of carbonyl (C=O) groups excluding carboxylic acids is 1. The number of aromatic amines is 1. The lowest BCUT2D eigenvalue weighted by atomic mass is 10.2. The largest absolute Gasteiger partial charge is 0.472 e. The number of H-pyrrole nitrogens is 1. The highest BCUT2D eigenvalue weighted by atomic mass is 31.2. The first kappa shape index (κ1) is 14.4. The molecule has 0 spiro atoms. The zero-order valence-electron chi connectivity index (χ0n) is 10.5. The van der Waals surface area contributed by atoms with E-state index in [2.05, 4.69) is 4.52 Å². The van der Waals surface area contributed by atoms with Crippen LogP contribution in [-0.2, 0) is 18.3 Å². The summed E-state index contributed by atoms with van der Waals surface area (Å²) in [5.74, 6) is 0. The van der Waals surface area contributed by atoms with Gasteiger partial charge in [0.25, 0.3) is 5.56 Å². The lowest BCUT2D eigenvalue weighted by molar-refractivity contribution is -0.0682. The highest BCUT2D eigenvalue weighted by Crippen LogP contribution is 2.52. The van der Waals surface area contributed by atoms with Crippen LogP contribution in [0.2, 0.25) is 0 Å². The van der Waals surface area contributed by atoms with Crippen molar-refractivity contribution in [2.75, 3.05) is 6.61 Å². The van der Waals surface area contributed by atoms with Crippen LogP contribution in [0.15, 0.2) is 15.7 Å². The van der Waals surface area contributed by atoms with Crippen molar-refractivity contribution in [3.05, 3.63) is 32.6 Å². The van der Waals surface area contributed by atoms with Crippen molar-refractivity contribution >= 4 is 14.1 Å². The van der Waals surface area contributed by atoms with Crippen LogP contribution in [0, 0.1) is 0 Å². The van der Waals surface area contributed by atoms with Crippen LogP contribution in [0.3, 0.4) is 0 Å². The van der Waals surface area contributed by atoms with Crippen molar-refractivity contribution in [2.45, 2.75) is 24.9 Å². The summed E-state index contributed by atoms with van der Waals surface area (Å²) in [7, 11) is -4.11. The molecule has 0 bridgehead atoms. The molecule has 1 aromatic rings. The molecule has 10 nitrogen and oxygen atoms in total. The number of rotatable bonds is 2. The van der Waals surface area contributed by atoms with Gasteiger partial charge < -0.3 is 9.63 Å². The Labute approximate surface area is 116 Å². The van der Waals surface area contributed by atoms with Crippen LogP contribution >= 0.6 is 7.82 Å². The van der Waals surface area contributed by atoms with Crippen LogP contribution in [0.1, 0.15) is 23.1 Å². The molecule has 1 aromatic heterocycles. The second-order valence-corrected chi connectivity index (χ2v) is 6.03. The number of carbonyl (C=O) groups is 1. The molecular weight excluding hydrogens is 307 g/mol. The molecule has 2 fully saturated rings. The standard InChI is InChI=1S/C10H11N2O8P/c13-3-5-1-8(14)11-10(15)12(5)9-2-6-7(19-9)4-18-21(16,17)20-6/h1,3,6-7,9H,2,4H2,(H,16,17)(H,11,14,15)/t6-,7+,9+/m0/s1. The Morgan fingerprint density at radius 1 is 1.43 bits per heavy atom. The van der Waals surface area contributed by atoms with Gasteiger partial charge in [-0.25, -0.2) is 9.36 Å². The van der Waals surface area contributed by atoms with E-state index in [0.717, 1.165) is 10.6 Å². The molecule has 0 aliphatic carbocycles. The summed E-state index contributed by atoms with van der Waals surface area (Å²) in [6, 6.07) is 0.966. The third-order valence-electron chi connectivity index (χ3n) is 3.27. The molecule has 0 amide bonds. The van der Waals surface area contributed by atoms with E-state index in [4.69, 9.17) is 9.26 Å². The molecule has 1 unspecified atom stereocenters. The lowest BCUT2D eigenvalue weighted by Gasteiger charge is -2.26. The van der Waals surface area contributed by atoms with Gasteiger partial charge in [-0.05, 0) is 0 Å². The van der Waals surface area contributed by atoms with E-state index in [0.29, 0.717) is 6.29 Å². The normalized spacial score (nSPS) is 35.4. The fourth-order valence-corrected chi connectivity index (χ4v) is 3.36. The Kier molecular flexibility index (Phi) is 3.42. The molecule has 4 atom stereocenters. The summed E-state index contributed by atoms with van der Waals surface area (Å²) in [6.45, 7) is -0.163. The molecule has 2 aliphatic rings. The number of hydrogen-bond acceptors (Lipinski definition) is 7. The van der Waals surface area contributed by atoms with Gasteiger partial charge in [-0.1, -0.05) is 0 Å². The number of phosphoric ester groups is 1. The second-order valence-electron chi connectivity index (χ2n) is 4.62. The van der Waals surface area contributed by atoms with Gasteiger partial charge in [0.2, 0.25) is 0 Å². The number of phosphoric acid groups is 1. The predicted molar refractivity (Wildman–Crippen MR) is 65.9 cm³/mol. The number of fused-ring (bicyclic) bond motifs is 1. The van der Waals surface area contributed by atoms with Gasteiger partial charge in [-0.3, -0.25) is 28.2 Å². The fourth-order valence-electron chi connectivity index (χ4n) is 2.40. The maximum Gasteiger partial charge on any atom is 0.472 e. The summed E-state index contributed by atoms with van der Waals surface area (Å²) in [5.41, 5.74) is -1.66. The molecule has 3 heterocycles. The maximum absolute atomic E-state index is 11.8. The summed E-state index contributed by atoms with van der Waals surface area (Å²) >= 11 is 0. The molecule has 0 saturated carbocycles. The first-order valence-corrected chi connectivity index (χ1v) is 7.51. The van der Waals surface area contributed by atoms with E-state index < -0.39 is 37.5 Å². The SMILES string of the molecule is O=Cc1cc(=O)[nH]c(=O)n1[C@H]1C[C@@H]2OP(=O)(O)OC[C@H]2O1. The third-order valence-corrected chi connectivity index (χ3v) is 4.28. The van der Waals surface area contributed by atoms with Crippen molar-refractivity contribution in [2.24, 2.45) is 0 Å². The first-order valence-electron chi connectivity index (χ1n) is 6.02. The van der Waals surface area contributed by atoms with Gasteiger partial charge in [-0.2, -0.15) is 0 Å². The smallest absolute Gasteiger partial charge is 0.349 e. The fraction of sp³-hybridized carbons (Fsp3) is 0.500. The Morgan fingerprint density at radius 3 is 2.90 bits per heavy atom. The summed E-state index contributed by atoms with van der Waals surface area (Å²) in [6.07, 6.45) is -1.84. The number of aromatic nitrogens is 2. The van der Waals surface area contributed by atoms with Crippen LogP contribution in [0.25, 0.3) is 0 Å². The van der Waals surface area contributed by atoms with E-state index in [1.807, 2.05) is 4.98 Å². The summed E-state index contributed by atoms with van der Waals surface area (Å²) < 4.78 is 27.3. The zero-order valence-corrected chi connectivity index (χ0v) is 11.4. The number of nitrogens with zero attached hydrogens (tertiary/aromatic N) is 1. The van der Waals surface area contributed by atoms with Crippen LogP contribution in [0.4, 0.5) is 0 Å². The van der Waals surface area contributed by atoms with Crippen molar-refractivity contribution in [3.63, 3.8) is 0 Å². The number of aldehydes is 1. The van der Waals surface area contributed by atoms with Gasteiger partial charge in [0.15, 0.2) is 6.29 Å². The maximum atomic E-state index is 11.8. The molecular formula is C10H11N2O8P. The van der Waals surface area contributed by atoms with Crippen LogP contribution in [-0.4, -0.2) is 39.5 Å². The zero-order chi connectivity index (χ0) is 15.2. The molecule has 0 aromatic carbocycles. The highest BCUT2D eigenvalue weighted by molar-refractivity contribution is 7.47. The second kappa shape index (κ2) is 5.00. The molecule has 2 aliphatic heterocycles. The molecule has 3 rings (SSSR count). The van der Waals surface area contributed by atoms with Gasteiger partial charge in [0.05, 0.1) is 12.3 Å². The number of ether oxygens (including phenoxy) is 1. The Bertz CT molecular complexity index is 739. The molecule has 0 radical (unpaired) electrons. The third kappa shape index (κ3) is 2.63. The Hall–Kier alpha value is -1.58. The van der Waals surface area contributed by atoms with Gasteiger partial charge >= 0.3 is 13.5 Å². The minimum Gasteiger partial charge on any atom is -0.349 e. The highest BCUT2D eigenvalue weighted by Gasteiger charge is 2.46. The van der Waals surface area contributed by atoms with Crippen molar-refractivity contribution in [1.29, 1.82) is 0 Å². The lowest BCUT2D eigenvalue weighted by Crippen LogP contribution is -2.35. The molecule has 114 valence electrons. The van der Waals surface area contributed by atoms with Crippen LogP contribution in [0.5, 0.6) is 0 Å². The average molecular weight is 318 g/mol. The van der Waals surface area contributed by atoms with E-state index in [-0.39, 0.29) is 18.7 Å². The van der Waals surface area contributed by atoms with Crippen molar-refractivity contribution in [3.8, 4) is 0 Å².